The highest BCUT2D eigenvalue weighted by molar-refractivity contribution is 4.98. The standard InChI is InChI=1S/C28H48O24/c29-1-8-13(36)21(50-25-17(40)11(34)6(32)4-44-25)19(42)27(47-8)52-23-22(51-26-18(41)12(35)7(33)5-45-26)14(37)9(2-30)48-28(23)49-20-10(3-31)46-24(43)16(39)15(20)38/h6-43H,1-5H2/t6-,7-,8-,9-,10-,11+,12+,13-,14-,15-,16-,17-,18-,19-,20+,21+,22+,23-,24-,25+,26+,27+,28+/m1/s1. The number of ether oxygens (including phenoxy) is 9. The van der Waals surface area contributed by atoms with Crippen LogP contribution in [0.25, 0.3) is 0 Å². The maximum atomic E-state index is 11.4. The summed E-state index contributed by atoms with van der Waals surface area (Å²) in [5.41, 5.74) is 0. The van der Waals surface area contributed by atoms with Gasteiger partial charge in [0.1, 0.15) is 110 Å². The van der Waals surface area contributed by atoms with Crippen molar-refractivity contribution in [3.05, 3.63) is 0 Å². The number of rotatable bonds is 11. The molecule has 15 N–H and O–H groups in total. The molecule has 0 aliphatic carbocycles. The highest BCUT2D eigenvalue weighted by atomic mass is 16.8. The molecule has 0 radical (unpaired) electrons. The molecule has 0 aromatic rings. The van der Waals surface area contributed by atoms with Gasteiger partial charge < -0.3 is 119 Å². The van der Waals surface area contributed by atoms with Crippen molar-refractivity contribution < 1.29 is 119 Å². The molecule has 0 bridgehead atoms. The second kappa shape index (κ2) is 17.9. The Hall–Kier alpha value is -0.960. The molecule has 23 atom stereocenters. The first kappa shape index (κ1) is 42.2. The van der Waals surface area contributed by atoms with Crippen LogP contribution < -0.4 is 0 Å². The molecule has 0 saturated carbocycles. The second-order valence-electron chi connectivity index (χ2n) is 13.1. The van der Waals surface area contributed by atoms with E-state index in [9.17, 15) is 76.6 Å². The molecule has 304 valence electrons. The molecular formula is C28H48O24. The predicted molar refractivity (Wildman–Crippen MR) is 155 cm³/mol. The van der Waals surface area contributed by atoms with Crippen LogP contribution >= 0.6 is 0 Å². The first-order valence-electron chi connectivity index (χ1n) is 16.4. The van der Waals surface area contributed by atoms with Gasteiger partial charge in [-0.3, -0.25) is 0 Å². The fourth-order valence-corrected chi connectivity index (χ4v) is 6.43. The normalized spacial score (nSPS) is 53.5. The van der Waals surface area contributed by atoms with Crippen molar-refractivity contribution >= 4 is 0 Å². The van der Waals surface area contributed by atoms with E-state index >= 15 is 0 Å². The van der Waals surface area contributed by atoms with E-state index < -0.39 is 174 Å². The molecule has 0 unspecified atom stereocenters. The lowest BCUT2D eigenvalue weighted by Gasteiger charge is -2.50. The lowest BCUT2D eigenvalue weighted by Crippen LogP contribution is -2.68. The monoisotopic (exact) mass is 768 g/mol. The third-order valence-corrected chi connectivity index (χ3v) is 9.53. The van der Waals surface area contributed by atoms with Gasteiger partial charge in [0.2, 0.25) is 0 Å². The fraction of sp³-hybridized carbons (Fsp3) is 1.00. The van der Waals surface area contributed by atoms with E-state index in [4.69, 9.17) is 42.6 Å². The highest BCUT2D eigenvalue weighted by Crippen LogP contribution is 2.36. The van der Waals surface area contributed by atoms with Gasteiger partial charge >= 0.3 is 0 Å². The van der Waals surface area contributed by atoms with E-state index in [2.05, 4.69) is 0 Å². The quantitative estimate of drug-likeness (QED) is 0.0927. The summed E-state index contributed by atoms with van der Waals surface area (Å²) in [4.78, 5) is 0. The van der Waals surface area contributed by atoms with Crippen LogP contribution in [0, 0.1) is 0 Å². The van der Waals surface area contributed by atoms with E-state index in [-0.39, 0.29) is 0 Å². The van der Waals surface area contributed by atoms with E-state index in [0.29, 0.717) is 0 Å². The van der Waals surface area contributed by atoms with Gasteiger partial charge in [-0.15, -0.1) is 0 Å². The van der Waals surface area contributed by atoms with Crippen molar-refractivity contribution in [1.29, 1.82) is 0 Å². The van der Waals surface area contributed by atoms with Gasteiger partial charge in [-0.1, -0.05) is 0 Å². The Labute approximate surface area is 293 Å². The van der Waals surface area contributed by atoms with Gasteiger partial charge in [-0.25, -0.2) is 0 Å². The van der Waals surface area contributed by atoms with Crippen LogP contribution in [0.2, 0.25) is 0 Å². The number of hydrogen-bond donors (Lipinski definition) is 15. The van der Waals surface area contributed by atoms with Crippen LogP contribution in [-0.4, -0.2) is 251 Å². The van der Waals surface area contributed by atoms with Crippen LogP contribution in [0.3, 0.4) is 0 Å². The van der Waals surface area contributed by atoms with Crippen molar-refractivity contribution in [3.63, 3.8) is 0 Å². The number of hydrogen-bond acceptors (Lipinski definition) is 24. The summed E-state index contributed by atoms with van der Waals surface area (Å²) in [5.74, 6) is 0. The molecule has 0 spiro atoms. The number of aliphatic hydroxyl groups excluding tert-OH is 15. The predicted octanol–water partition coefficient (Wildman–Crippen LogP) is -10.6. The smallest absolute Gasteiger partial charge is 0.187 e. The molecule has 5 rings (SSSR count). The molecule has 52 heavy (non-hydrogen) atoms. The molecule has 5 heterocycles. The maximum absolute atomic E-state index is 11.4. The van der Waals surface area contributed by atoms with E-state index in [1.807, 2.05) is 0 Å². The largest absolute Gasteiger partial charge is 0.394 e. The van der Waals surface area contributed by atoms with Crippen LogP contribution in [0.15, 0.2) is 0 Å². The fourth-order valence-electron chi connectivity index (χ4n) is 6.43. The highest BCUT2D eigenvalue weighted by Gasteiger charge is 2.57. The first-order valence-corrected chi connectivity index (χ1v) is 16.4. The van der Waals surface area contributed by atoms with Crippen molar-refractivity contribution in [2.45, 2.75) is 141 Å². The van der Waals surface area contributed by atoms with Gasteiger partial charge in [0.15, 0.2) is 31.5 Å². The van der Waals surface area contributed by atoms with Crippen molar-refractivity contribution in [1.82, 2.24) is 0 Å². The van der Waals surface area contributed by atoms with Crippen LogP contribution in [0.4, 0.5) is 0 Å². The molecule has 0 aromatic heterocycles. The Bertz CT molecular complexity index is 1110. The molecule has 5 aliphatic rings. The third-order valence-electron chi connectivity index (χ3n) is 9.53. The Kier molecular flexibility index (Phi) is 14.5. The van der Waals surface area contributed by atoms with E-state index in [0.717, 1.165) is 0 Å². The summed E-state index contributed by atoms with van der Waals surface area (Å²) in [6.07, 6.45) is -42.2. The van der Waals surface area contributed by atoms with E-state index in [1.165, 1.54) is 0 Å². The lowest BCUT2D eigenvalue weighted by atomic mass is 9.95. The Morgan fingerprint density at radius 2 is 0.808 bits per heavy atom. The minimum Gasteiger partial charge on any atom is -0.394 e. The van der Waals surface area contributed by atoms with Gasteiger partial charge in [-0.05, 0) is 0 Å². The van der Waals surface area contributed by atoms with Gasteiger partial charge in [0, 0.05) is 0 Å². The minimum atomic E-state index is -2.11. The summed E-state index contributed by atoms with van der Waals surface area (Å²) in [6, 6.07) is 0. The lowest BCUT2D eigenvalue weighted by molar-refractivity contribution is -0.407. The van der Waals surface area contributed by atoms with Crippen LogP contribution in [0.5, 0.6) is 0 Å². The molecule has 0 amide bonds. The molecule has 5 aliphatic heterocycles. The Balaban J connectivity index is 1.47. The van der Waals surface area contributed by atoms with Crippen LogP contribution in [-0.2, 0) is 42.6 Å². The molecule has 24 heteroatoms. The Morgan fingerprint density at radius 3 is 1.33 bits per heavy atom. The summed E-state index contributed by atoms with van der Waals surface area (Å²) >= 11 is 0. The third kappa shape index (κ3) is 8.55. The maximum Gasteiger partial charge on any atom is 0.187 e. The Morgan fingerprint density at radius 1 is 0.365 bits per heavy atom. The average Bonchev–Trinajstić information content (AvgIpc) is 3.13. The topological polar surface area (TPSA) is 387 Å². The number of aliphatic hydroxyl groups is 15. The molecule has 5 saturated heterocycles. The summed E-state index contributed by atoms with van der Waals surface area (Å²) in [6.45, 7) is -3.88. The average molecular weight is 769 g/mol. The summed E-state index contributed by atoms with van der Waals surface area (Å²) in [5, 5.41) is 156. The van der Waals surface area contributed by atoms with Crippen LogP contribution in [0.1, 0.15) is 0 Å². The van der Waals surface area contributed by atoms with Gasteiger partial charge in [0.25, 0.3) is 0 Å². The van der Waals surface area contributed by atoms with Gasteiger partial charge in [0.05, 0.1) is 33.0 Å². The minimum absolute atomic E-state index is 0.527. The summed E-state index contributed by atoms with van der Waals surface area (Å²) in [7, 11) is 0. The summed E-state index contributed by atoms with van der Waals surface area (Å²) < 4.78 is 50.1. The van der Waals surface area contributed by atoms with E-state index in [1.54, 1.807) is 0 Å². The molecule has 24 nitrogen and oxygen atoms in total. The zero-order valence-electron chi connectivity index (χ0n) is 27.2. The second-order valence-corrected chi connectivity index (χ2v) is 13.1. The van der Waals surface area contributed by atoms with Crippen molar-refractivity contribution in [3.8, 4) is 0 Å². The zero-order chi connectivity index (χ0) is 38.2. The van der Waals surface area contributed by atoms with Crippen molar-refractivity contribution in [2.24, 2.45) is 0 Å². The van der Waals surface area contributed by atoms with Gasteiger partial charge in [-0.2, -0.15) is 0 Å². The molecular weight excluding hydrogens is 720 g/mol. The molecule has 0 aromatic carbocycles. The zero-order valence-corrected chi connectivity index (χ0v) is 27.2. The van der Waals surface area contributed by atoms with Crippen molar-refractivity contribution in [2.75, 3.05) is 33.0 Å². The SMILES string of the molecule is OC[C@H]1O[C@@H](O[C@H]2[C@H](O[C@@H]3[C@H](O)[C@@H](O)[C@H](O)O[C@@H]3CO)O[C@H](CO)[C@@H](O)[C@@H]2O[C@@H]2OC[C@@H](O)[C@H](O)[C@H]2O)[C@H](O)[C@@H](O[C@@H]2OC[C@@H](O)[C@H](O)[C@H]2O)[C@@H]1O. The molecule has 5 fully saturated rings. The first-order chi connectivity index (χ1) is 24.6.